The molecule has 1 aromatic carbocycles. The van der Waals surface area contributed by atoms with Crippen LogP contribution in [-0.2, 0) is 12.8 Å². The first-order chi connectivity index (χ1) is 9.49. The second-order valence-corrected chi connectivity index (χ2v) is 5.13. The lowest BCUT2D eigenvalue weighted by molar-refractivity contribution is 0.0694. The maximum Gasteiger partial charge on any atom is 0.339 e. The van der Waals surface area contributed by atoms with Gasteiger partial charge in [0.1, 0.15) is 5.56 Å². The minimum Gasteiger partial charge on any atom is -0.478 e. The Morgan fingerprint density at radius 3 is 2.55 bits per heavy atom. The molecule has 0 saturated carbocycles. The molecule has 0 aliphatic rings. The first-order valence-electron chi connectivity index (χ1n) is 6.29. The van der Waals surface area contributed by atoms with Gasteiger partial charge in [-0.3, -0.25) is 0 Å². The first kappa shape index (κ1) is 14.9. The van der Waals surface area contributed by atoms with Gasteiger partial charge in [0.2, 0.25) is 0 Å². The quantitative estimate of drug-likeness (QED) is 0.928. The largest absolute Gasteiger partial charge is 0.478 e. The number of hydrogen-bond donors (Lipinski definition) is 1. The monoisotopic (exact) mass is 312 g/mol. The van der Waals surface area contributed by atoms with E-state index >= 15 is 0 Å². The number of aromatic carboxylic acids is 1. The van der Waals surface area contributed by atoms with Crippen molar-refractivity contribution in [3.8, 4) is 5.69 Å². The van der Waals surface area contributed by atoms with Crippen LogP contribution in [0.4, 0.5) is 0 Å². The van der Waals surface area contributed by atoms with Crippen LogP contribution < -0.4 is 0 Å². The minimum atomic E-state index is -0.969. The summed E-state index contributed by atoms with van der Waals surface area (Å²) in [5.74, 6) is -0.969. The van der Waals surface area contributed by atoms with E-state index in [1.54, 1.807) is 22.9 Å². The van der Waals surface area contributed by atoms with Crippen LogP contribution in [0, 0.1) is 0 Å². The number of nitrogens with zero attached hydrogens (tertiary/aromatic N) is 2. The maximum absolute atomic E-state index is 11.4. The molecular weight excluding hydrogens is 299 g/mol. The maximum atomic E-state index is 11.4. The molecule has 0 bridgehead atoms. The topological polar surface area (TPSA) is 55.1 Å². The Kier molecular flexibility index (Phi) is 4.35. The zero-order chi connectivity index (χ0) is 14.9. The molecule has 1 heterocycles. The third kappa shape index (κ3) is 2.53. The second kappa shape index (κ2) is 5.85. The smallest absolute Gasteiger partial charge is 0.339 e. The summed E-state index contributed by atoms with van der Waals surface area (Å²) in [6.45, 7) is 3.76. The normalized spacial score (nSPS) is 10.8. The van der Waals surface area contributed by atoms with Crippen LogP contribution in [0.15, 0.2) is 18.2 Å². The zero-order valence-corrected chi connectivity index (χ0v) is 12.7. The van der Waals surface area contributed by atoms with Crippen molar-refractivity contribution in [1.29, 1.82) is 0 Å². The van der Waals surface area contributed by atoms with Gasteiger partial charge in [0.25, 0.3) is 0 Å². The fraction of sp³-hybridized carbons (Fsp3) is 0.286. The van der Waals surface area contributed by atoms with Crippen molar-refractivity contribution < 1.29 is 9.90 Å². The van der Waals surface area contributed by atoms with Gasteiger partial charge in [0.05, 0.1) is 22.1 Å². The summed E-state index contributed by atoms with van der Waals surface area (Å²) in [5.41, 5.74) is 2.02. The van der Waals surface area contributed by atoms with Crippen molar-refractivity contribution in [1.82, 2.24) is 9.78 Å². The summed E-state index contributed by atoms with van der Waals surface area (Å²) in [7, 11) is 0. The molecule has 0 fully saturated rings. The molecule has 0 unspecified atom stereocenters. The molecule has 4 nitrogen and oxygen atoms in total. The SMILES string of the molecule is CCc1nn(-c2cc(Cl)ccc2Cl)c(CC)c1C(=O)O. The van der Waals surface area contributed by atoms with E-state index in [-0.39, 0.29) is 5.56 Å². The summed E-state index contributed by atoms with van der Waals surface area (Å²) < 4.78 is 1.58. The van der Waals surface area contributed by atoms with Crippen LogP contribution in [0.3, 0.4) is 0 Å². The van der Waals surface area contributed by atoms with Gasteiger partial charge in [0, 0.05) is 5.02 Å². The van der Waals surface area contributed by atoms with Crippen LogP contribution >= 0.6 is 23.2 Å². The van der Waals surface area contributed by atoms with E-state index in [9.17, 15) is 9.90 Å². The molecule has 1 aromatic heterocycles. The van der Waals surface area contributed by atoms with Gasteiger partial charge in [-0.2, -0.15) is 5.10 Å². The molecule has 0 aliphatic carbocycles. The van der Waals surface area contributed by atoms with Crippen LogP contribution in [0.1, 0.15) is 35.6 Å². The second-order valence-electron chi connectivity index (χ2n) is 4.29. The molecular formula is C14H14Cl2N2O2. The van der Waals surface area contributed by atoms with E-state index in [1.165, 1.54) is 0 Å². The average molecular weight is 313 g/mol. The van der Waals surface area contributed by atoms with Gasteiger partial charge in [-0.1, -0.05) is 37.0 Å². The summed E-state index contributed by atoms with van der Waals surface area (Å²) in [6.07, 6.45) is 1.08. The predicted molar refractivity (Wildman–Crippen MR) is 79.3 cm³/mol. The van der Waals surface area contributed by atoms with Crippen molar-refractivity contribution in [3.05, 3.63) is 45.2 Å². The Hall–Kier alpha value is -1.52. The number of aromatic nitrogens is 2. The zero-order valence-electron chi connectivity index (χ0n) is 11.2. The van der Waals surface area contributed by atoms with E-state index in [0.29, 0.717) is 40.0 Å². The molecule has 20 heavy (non-hydrogen) atoms. The van der Waals surface area contributed by atoms with Crippen LogP contribution in [0.2, 0.25) is 10.0 Å². The third-order valence-corrected chi connectivity index (χ3v) is 3.63. The lowest BCUT2D eigenvalue weighted by Gasteiger charge is -2.09. The molecule has 0 amide bonds. The number of rotatable bonds is 4. The van der Waals surface area contributed by atoms with E-state index in [2.05, 4.69) is 5.10 Å². The number of carboxylic acids is 1. The molecule has 2 aromatic rings. The van der Waals surface area contributed by atoms with E-state index in [1.807, 2.05) is 13.8 Å². The summed E-state index contributed by atoms with van der Waals surface area (Å²) in [4.78, 5) is 11.4. The van der Waals surface area contributed by atoms with Gasteiger partial charge < -0.3 is 5.11 Å². The molecule has 2 rings (SSSR count). The van der Waals surface area contributed by atoms with Gasteiger partial charge in [-0.05, 0) is 31.0 Å². The van der Waals surface area contributed by atoms with Crippen molar-refractivity contribution in [2.75, 3.05) is 0 Å². The summed E-state index contributed by atoms with van der Waals surface area (Å²) in [5, 5.41) is 14.8. The van der Waals surface area contributed by atoms with Crippen molar-refractivity contribution in [2.24, 2.45) is 0 Å². The molecule has 0 aliphatic heterocycles. The fourth-order valence-corrected chi connectivity index (χ4v) is 2.54. The molecule has 0 spiro atoms. The molecule has 6 heteroatoms. The number of carboxylic acid groups (broad SMARTS) is 1. The van der Waals surface area contributed by atoms with Crippen molar-refractivity contribution in [2.45, 2.75) is 26.7 Å². The highest BCUT2D eigenvalue weighted by molar-refractivity contribution is 6.34. The summed E-state index contributed by atoms with van der Waals surface area (Å²) in [6, 6.07) is 5.04. The standard InChI is InChI=1S/C14H14Cl2N2O2/c1-3-10-13(14(19)20)11(4-2)18(17-10)12-7-8(15)5-6-9(12)16/h5-7H,3-4H2,1-2H3,(H,19,20). The fourth-order valence-electron chi connectivity index (χ4n) is 2.17. The Morgan fingerprint density at radius 1 is 1.30 bits per heavy atom. The molecule has 0 saturated heterocycles. The Morgan fingerprint density at radius 2 is 2.00 bits per heavy atom. The third-order valence-electron chi connectivity index (χ3n) is 3.07. The van der Waals surface area contributed by atoms with E-state index < -0.39 is 5.97 Å². The lowest BCUT2D eigenvalue weighted by Crippen LogP contribution is -2.06. The van der Waals surface area contributed by atoms with Crippen LogP contribution in [-0.4, -0.2) is 20.9 Å². The first-order valence-corrected chi connectivity index (χ1v) is 7.04. The number of carbonyl (C=O) groups is 1. The number of benzene rings is 1. The Bertz CT molecular complexity index is 665. The average Bonchev–Trinajstić information content (AvgIpc) is 2.79. The predicted octanol–water partition coefficient (Wildman–Crippen LogP) is 4.00. The Balaban J connectivity index is 2.74. The van der Waals surface area contributed by atoms with Gasteiger partial charge in [-0.25, -0.2) is 9.48 Å². The van der Waals surface area contributed by atoms with Crippen molar-refractivity contribution in [3.63, 3.8) is 0 Å². The molecule has 106 valence electrons. The van der Waals surface area contributed by atoms with Crippen LogP contribution in [0.5, 0.6) is 0 Å². The Labute approximate surface area is 126 Å². The highest BCUT2D eigenvalue weighted by Gasteiger charge is 2.22. The highest BCUT2D eigenvalue weighted by atomic mass is 35.5. The number of aryl methyl sites for hydroxylation is 1. The van der Waals surface area contributed by atoms with E-state index in [4.69, 9.17) is 23.2 Å². The summed E-state index contributed by atoms with van der Waals surface area (Å²) >= 11 is 12.2. The minimum absolute atomic E-state index is 0.256. The van der Waals surface area contributed by atoms with Gasteiger partial charge >= 0.3 is 5.97 Å². The molecule has 0 atom stereocenters. The van der Waals surface area contributed by atoms with Gasteiger partial charge in [0.15, 0.2) is 0 Å². The van der Waals surface area contributed by atoms with Gasteiger partial charge in [-0.15, -0.1) is 0 Å². The van der Waals surface area contributed by atoms with Crippen molar-refractivity contribution >= 4 is 29.2 Å². The lowest BCUT2D eigenvalue weighted by atomic mass is 10.1. The molecule has 1 N–H and O–H groups in total. The van der Waals surface area contributed by atoms with E-state index in [0.717, 1.165) is 0 Å². The molecule has 0 radical (unpaired) electrons. The van der Waals surface area contributed by atoms with Crippen LogP contribution in [0.25, 0.3) is 5.69 Å². The highest BCUT2D eigenvalue weighted by Crippen LogP contribution is 2.28. The number of halogens is 2. The number of hydrogen-bond acceptors (Lipinski definition) is 2.